The van der Waals surface area contributed by atoms with Crippen molar-refractivity contribution in [2.75, 3.05) is 40.3 Å². The molecule has 3 N–H and O–H groups in total. The summed E-state index contributed by atoms with van der Waals surface area (Å²) in [5.74, 6) is -0.307. The predicted octanol–water partition coefficient (Wildman–Crippen LogP) is 3.36. The summed E-state index contributed by atoms with van der Waals surface area (Å²) in [5.41, 5.74) is -2.09. The molecule has 1 aliphatic rings. The number of hydrogen-bond donors (Lipinski definition) is 3. The number of amides is 4. The van der Waals surface area contributed by atoms with Crippen LogP contribution in [0.5, 0.6) is 5.75 Å². The third-order valence-electron chi connectivity index (χ3n) is 6.70. The first kappa shape index (κ1) is 35.4. The van der Waals surface area contributed by atoms with Crippen LogP contribution in [0.1, 0.15) is 50.5 Å². The maximum absolute atomic E-state index is 16.0. The van der Waals surface area contributed by atoms with Gasteiger partial charge in [-0.25, -0.2) is 9.18 Å². The van der Waals surface area contributed by atoms with Gasteiger partial charge in [0.2, 0.25) is 18.2 Å². The van der Waals surface area contributed by atoms with E-state index in [0.29, 0.717) is 35.6 Å². The second kappa shape index (κ2) is 15.8. The molecule has 14 heteroatoms. The summed E-state index contributed by atoms with van der Waals surface area (Å²) < 4.78 is 26.8. The average Bonchev–Trinajstić information content (AvgIpc) is 3.56. The summed E-state index contributed by atoms with van der Waals surface area (Å²) >= 11 is 1.26. The van der Waals surface area contributed by atoms with Gasteiger partial charge in [0.1, 0.15) is 29.0 Å². The molecule has 4 amide bonds. The van der Waals surface area contributed by atoms with Gasteiger partial charge < -0.3 is 29.5 Å². The van der Waals surface area contributed by atoms with Crippen molar-refractivity contribution >= 4 is 41.5 Å². The first-order valence-corrected chi connectivity index (χ1v) is 15.5. The van der Waals surface area contributed by atoms with Crippen LogP contribution in [0.4, 0.5) is 9.18 Å². The smallest absolute Gasteiger partial charge is 0.413 e. The Bertz CT molecular complexity index is 1330. The van der Waals surface area contributed by atoms with Crippen molar-refractivity contribution in [3.05, 3.63) is 52.2 Å². The molecular formula is C31H43FN6O6S. The summed E-state index contributed by atoms with van der Waals surface area (Å²) in [6, 6.07) is 10.9. The lowest BCUT2D eigenvalue weighted by Gasteiger charge is -2.32. The SMILES string of the molecule is CN(C)C[C@@]1(F)C[C@@H](N(C=O)Cc2cc(C(=N)NC(=O)OC(C)(C)C)cs2)N(C(=O)CNC(=O)CCCOc2ccccc2)C1. The zero-order valence-electron chi connectivity index (χ0n) is 26.4. The number of halogens is 1. The van der Waals surface area contributed by atoms with Crippen LogP contribution < -0.4 is 15.4 Å². The number of rotatable bonds is 14. The maximum atomic E-state index is 16.0. The lowest BCUT2D eigenvalue weighted by Crippen LogP contribution is -2.49. The summed E-state index contributed by atoms with van der Waals surface area (Å²) in [4.78, 5) is 55.1. The highest BCUT2D eigenvalue weighted by Crippen LogP contribution is 2.34. The van der Waals surface area contributed by atoms with Gasteiger partial charge in [0.15, 0.2) is 0 Å². The maximum Gasteiger partial charge on any atom is 0.413 e. The molecule has 0 spiro atoms. The minimum atomic E-state index is -1.77. The number of amidine groups is 1. The minimum Gasteiger partial charge on any atom is -0.494 e. The van der Waals surface area contributed by atoms with Crippen LogP contribution in [0.3, 0.4) is 0 Å². The summed E-state index contributed by atoms with van der Waals surface area (Å²) in [7, 11) is 3.46. The number of alkyl halides is 1. The van der Waals surface area contributed by atoms with E-state index in [1.165, 1.54) is 21.1 Å². The van der Waals surface area contributed by atoms with Crippen molar-refractivity contribution < 1.29 is 33.0 Å². The predicted molar refractivity (Wildman–Crippen MR) is 169 cm³/mol. The number of carbonyl (C=O) groups excluding carboxylic acids is 4. The van der Waals surface area contributed by atoms with Crippen LogP contribution in [-0.4, -0.2) is 103 Å². The van der Waals surface area contributed by atoms with Gasteiger partial charge in [-0.3, -0.25) is 25.1 Å². The number of nitrogens with zero attached hydrogens (tertiary/aromatic N) is 3. The Balaban J connectivity index is 1.61. The Kier molecular flexibility index (Phi) is 12.4. The second-order valence-electron chi connectivity index (χ2n) is 12.2. The summed E-state index contributed by atoms with van der Waals surface area (Å²) in [6.07, 6.45) is -0.584. The molecule has 1 fully saturated rings. The van der Waals surface area contributed by atoms with Crippen molar-refractivity contribution in [2.24, 2.45) is 0 Å². The third kappa shape index (κ3) is 11.4. The molecule has 2 atom stereocenters. The highest BCUT2D eigenvalue weighted by molar-refractivity contribution is 7.10. The fraction of sp³-hybridized carbons (Fsp3) is 0.516. The molecule has 12 nitrogen and oxygen atoms in total. The van der Waals surface area contributed by atoms with Crippen molar-refractivity contribution in [3.8, 4) is 5.75 Å². The van der Waals surface area contributed by atoms with Gasteiger partial charge in [-0.15, -0.1) is 11.3 Å². The molecule has 1 aromatic heterocycles. The molecule has 1 aliphatic heterocycles. The first-order chi connectivity index (χ1) is 21.2. The number of benzene rings is 1. The molecule has 2 aromatic rings. The Morgan fingerprint density at radius 1 is 1.22 bits per heavy atom. The molecule has 0 bridgehead atoms. The number of para-hydroxylation sites is 1. The average molecular weight is 647 g/mol. The van der Waals surface area contributed by atoms with Crippen molar-refractivity contribution in [2.45, 2.75) is 64.0 Å². The topological polar surface area (TPSA) is 144 Å². The highest BCUT2D eigenvalue weighted by atomic mass is 32.1. The van der Waals surface area contributed by atoms with Crippen LogP contribution in [-0.2, 0) is 25.7 Å². The van der Waals surface area contributed by atoms with Crippen LogP contribution in [0.2, 0.25) is 0 Å². The van der Waals surface area contributed by atoms with Crippen LogP contribution in [0.25, 0.3) is 0 Å². The van der Waals surface area contributed by atoms with E-state index < -0.39 is 29.4 Å². The van der Waals surface area contributed by atoms with E-state index in [1.54, 1.807) is 51.2 Å². The van der Waals surface area contributed by atoms with Crippen molar-refractivity contribution in [3.63, 3.8) is 0 Å². The minimum absolute atomic E-state index is 0.0460. The monoisotopic (exact) mass is 646 g/mol. The molecule has 2 heterocycles. The Hall–Kier alpha value is -4.04. The van der Waals surface area contributed by atoms with E-state index in [-0.39, 0.29) is 50.8 Å². The Morgan fingerprint density at radius 2 is 1.93 bits per heavy atom. The van der Waals surface area contributed by atoms with Gasteiger partial charge >= 0.3 is 6.09 Å². The first-order valence-electron chi connectivity index (χ1n) is 14.6. The van der Waals surface area contributed by atoms with Crippen LogP contribution in [0, 0.1) is 5.41 Å². The Morgan fingerprint density at radius 3 is 2.58 bits per heavy atom. The fourth-order valence-electron chi connectivity index (χ4n) is 4.91. The molecular weight excluding hydrogens is 603 g/mol. The molecule has 0 radical (unpaired) electrons. The fourth-order valence-corrected chi connectivity index (χ4v) is 5.80. The Labute approximate surface area is 267 Å². The van der Waals surface area contributed by atoms with Gasteiger partial charge in [0.05, 0.1) is 26.2 Å². The highest BCUT2D eigenvalue weighted by Gasteiger charge is 2.48. The number of ether oxygens (including phenoxy) is 2. The van der Waals surface area contributed by atoms with E-state index in [2.05, 4.69) is 10.6 Å². The molecule has 0 aliphatic carbocycles. The molecule has 1 aromatic carbocycles. The quantitative estimate of drug-likeness (QED) is 0.124. The van der Waals surface area contributed by atoms with Crippen molar-refractivity contribution in [1.29, 1.82) is 5.41 Å². The second-order valence-corrected chi connectivity index (χ2v) is 13.2. The van der Waals surface area contributed by atoms with Gasteiger partial charge in [-0.1, -0.05) is 18.2 Å². The van der Waals surface area contributed by atoms with Gasteiger partial charge in [-0.2, -0.15) is 0 Å². The number of hydrogen-bond acceptors (Lipinski definition) is 9. The normalized spacial score (nSPS) is 17.9. The lowest BCUT2D eigenvalue weighted by atomic mass is 10.0. The number of likely N-dealkylation sites (tertiary alicyclic amines) is 1. The van der Waals surface area contributed by atoms with E-state index in [1.807, 2.05) is 30.3 Å². The molecule has 45 heavy (non-hydrogen) atoms. The summed E-state index contributed by atoms with van der Waals surface area (Å²) in [6.45, 7) is 5.00. The number of thiophene rings is 1. The van der Waals surface area contributed by atoms with E-state index >= 15 is 4.39 Å². The number of nitrogens with one attached hydrogen (secondary N) is 3. The largest absolute Gasteiger partial charge is 0.494 e. The van der Waals surface area contributed by atoms with E-state index in [0.717, 1.165) is 0 Å². The molecule has 246 valence electrons. The van der Waals surface area contributed by atoms with E-state index in [9.17, 15) is 19.2 Å². The van der Waals surface area contributed by atoms with E-state index in [4.69, 9.17) is 14.9 Å². The van der Waals surface area contributed by atoms with Gasteiger partial charge in [-0.05, 0) is 59.5 Å². The number of alkyl carbamates (subject to hydrolysis) is 1. The molecule has 0 saturated carbocycles. The van der Waals surface area contributed by atoms with Gasteiger partial charge in [0, 0.05) is 35.2 Å². The molecule has 1 saturated heterocycles. The number of carbonyl (C=O) groups is 4. The standard InChI is InChI=1S/C31H43FN6O6S/c1-30(2,3)44-29(42)35-28(33)22-14-24(45-18-22)17-37(21-39)26-15-31(32,19-36(4)5)20-38(26)27(41)16-34-25(40)12-9-13-43-23-10-7-6-8-11-23/h6-8,10-11,14,18,21,26H,9,12-13,15-17,19-20H2,1-5H3,(H,34,40)(H2,33,35,42)/t26-,31-/m0/s1. The third-order valence-corrected chi connectivity index (χ3v) is 7.63. The summed E-state index contributed by atoms with van der Waals surface area (Å²) in [5, 5.41) is 14.9. The zero-order chi connectivity index (χ0) is 33.2. The lowest BCUT2D eigenvalue weighted by molar-refractivity contribution is -0.139. The molecule has 3 rings (SSSR count). The van der Waals surface area contributed by atoms with Crippen molar-refractivity contribution in [1.82, 2.24) is 25.3 Å². The molecule has 0 unspecified atom stereocenters. The van der Waals surface area contributed by atoms with Crippen LogP contribution >= 0.6 is 11.3 Å². The van der Waals surface area contributed by atoms with Crippen LogP contribution in [0.15, 0.2) is 41.8 Å². The van der Waals surface area contributed by atoms with Gasteiger partial charge in [0.25, 0.3) is 0 Å². The zero-order valence-corrected chi connectivity index (χ0v) is 27.2.